The van der Waals surface area contributed by atoms with Crippen LogP contribution in [0.1, 0.15) is 167 Å². The Kier molecular flexibility index (Phi) is 26.9. The van der Waals surface area contributed by atoms with Crippen molar-refractivity contribution in [3.63, 3.8) is 0 Å². The fourth-order valence-corrected chi connectivity index (χ4v) is 5.65. The quantitative estimate of drug-likeness (QED) is 0.0614. The second-order valence-corrected chi connectivity index (χ2v) is 12.0. The van der Waals surface area contributed by atoms with Crippen LogP contribution in [0.5, 0.6) is 0 Å². The van der Waals surface area contributed by atoms with Gasteiger partial charge in [-0.05, 0) is 25.3 Å². The number of nitrogens with zero attached hydrogens (tertiary/aromatic N) is 1. The van der Waals surface area contributed by atoms with Gasteiger partial charge in [-0.25, -0.2) is 0 Å². The van der Waals surface area contributed by atoms with Gasteiger partial charge in [0.2, 0.25) is 0 Å². The van der Waals surface area contributed by atoms with Crippen LogP contribution in [0.2, 0.25) is 0 Å². The third kappa shape index (κ3) is 28.0. The monoisotopic (exact) mass is 581 g/mol. The molecule has 0 bridgehead atoms. The molecule has 41 heavy (non-hydrogen) atoms. The van der Waals surface area contributed by atoms with Gasteiger partial charge in [-0.2, -0.15) is 0 Å². The Hall–Kier alpha value is -1.89. The molecular weight excluding hydrogens is 518 g/mol. The van der Waals surface area contributed by atoms with E-state index < -0.39 is 17.9 Å². The number of rotatable bonds is 32. The predicted molar refractivity (Wildman–Crippen MR) is 165 cm³/mol. The van der Waals surface area contributed by atoms with E-state index in [1.807, 2.05) is 0 Å². The molecule has 7 nitrogen and oxygen atoms in total. The Morgan fingerprint density at radius 1 is 0.537 bits per heavy atom. The second kappa shape index (κ2) is 28.2. The van der Waals surface area contributed by atoms with Crippen molar-refractivity contribution in [1.82, 2.24) is 0 Å². The third-order valence-electron chi connectivity index (χ3n) is 8.12. The molecule has 0 amide bonds. The molecule has 0 atom stereocenters. The van der Waals surface area contributed by atoms with Crippen LogP contribution in [0.15, 0.2) is 12.3 Å². The Balaban J connectivity index is 4.14. The highest BCUT2D eigenvalue weighted by molar-refractivity contribution is 5.66. The maximum absolute atomic E-state index is 11.1. The van der Waals surface area contributed by atoms with Crippen molar-refractivity contribution in [2.24, 2.45) is 0 Å². The molecule has 0 aliphatic heterocycles. The average molecular weight is 582 g/mol. The second-order valence-electron chi connectivity index (χ2n) is 12.0. The zero-order valence-corrected chi connectivity index (χ0v) is 26.4. The first-order chi connectivity index (χ1) is 19.8. The lowest BCUT2D eigenvalue weighted by molar-refractivity contribution is -0.880. The Labute approximate surface area is 251 Å². The van der Waals surface area contributed by atoms with Crippen LogP contribution in [-0.2, 0) is 14.4 Å². The van der Waals surface area contributed by atoms with Gasteiger partial charge in [-0.1, -0.05) is 116 Å². The van der Waals surface area contributed by atoms with Crippen molar-refractivity contribution in [3.8, 4) is 0 Å². The largest absolute Gasteiger partial charge is 0.550 e. The van der Waals surface area contributed by atoms with Gasteiger partial charge in [0.1, 0.15) is 0 Å². The number of allylic oxidation sites excluding steroid dienone is 1. The van der Waals surface area contributed by atoms with Crippen molar-refractivity contribution in [1.29, 1.82) is 0 Å². The Morgan fingerprint density at radius 3 is 1.22 bits per heavy atom. The first-order valence-corrected chi connectivity index (χ1v) is 17.0. The summed E-state index contributed by atoms with van der Waals surface area (Å²) < 4.78 is 0.437. The molecule has 0 aliphatic carbocycles. The summed E-state index contributed by atoms with van der Waals surface area (Å²) >= 11 is 0. The number of carboxylic acids is 3. The van der Waals surface area contributed by atoms with Crippen LogP contribution in [0.25, 0.3) is 0 Å². The van der Waals surface area contributed by atoms with Crippen LogP contribution in [0.3, 0.4) is 0 Å². The van der Waals surface area contributed by atoms with E-state index in [1.54, 1.807) is 0 Å². The Bertz CT molecular complexity index is 628. The molecule has 0 unspecified atom stereocenters. The van der Waals surface area contributed by atoms with E-state index in [-0.39, 0.29) is 19.3 Å². The normalized spacial score (nSPS) is 11.8. The summed E-state index contributed by atoms with van der Waals surface area (Å²) in [6.07, 6.45) is 30.8. The molecule has 0 spiro atoms. The summed E-state index contributed by atoms with van der Waals surface area (Å²) in [7, 11) is 0. The average Bonchev–Trinajstić information content (AvgIpc) is 2.91. The van der Waals surface area contributed by atoms with Crippen molar-refractivity contribution in [2.45, 2.75) is 167 Å². The van der Waals surface area contributed by atoms with Gasteiger partial charge in [0, 0.05) is 25.2 Å². The van der Waals surface area contributed by atoms with E-state index in [2.05, 4.69) is 19.2 Å². The molecule has 0 aromatic heterocycles. The first-order valence-electron chi connectivity index (χ1n) is 17.0. The van der Waals surface area contributed by atoms with Gasteiger partial charge >= 0.3 is 11.9 Å². The molecule has 0 saturated carbocycles. The molecule has 0 fully saturated rings. The molecule has 0 aliphatic rings. The van der Waals surface area contributed by atoms with E-state index in [0.717, 1.165) is 12.8 Å². The number of carbonyl (C=O) groups excluding carboxylic acids is 1. The molecule has 0 saturated heterocycles. The van der Waals surface area contributed by atoms with Crippen molar-refractivity contribution in [2.75, 3.05) is 19.6 Å². The number of unbranched alkanes of at least 4 members (excludes halogenated alkanes) is 18. The lowest BCUT2D eigenvalue weighted by Crippen LogP contribution is -2.46. The Morgan fingerprint density at radius 2 is 0.878 bits per heavy atom. The van der Waals surface area contributed by atoms with Crippen LogP contribution < -0.4 is 5.11 Å². The summed E-state index contributed by atoms with van der Waals surface area (Å²) in [6, 6.07) is 0. The van der Waals surface area contributed by atoms with E-state index >= 15 is 0 Å². The molecule has 0 rings (SSSR count). The van der Waals surface area contributed by atoms with Crippen molar-refractivity contribution in [3.05, 3.63) is 12.3 Å². The highest BCUT2D eigenvalue weighted by Gasteiger charge is 2.25. The fourth-order valence-electron chi connectivity index (χ4n) is 5.65. The summed E-state index contributed by atoms with van der Waals surface area (Å²) in [5.74, 6) is -2.81. The van der Waals surface area contributed by atoms with Gasteiger partial charge in [-0.15, -0.1) is 0 Å². The number of hydrogen-bond donors (Lipinski definition) is 2. The minimum Gasteiger partial charge on any atom is -0.550 e. The highest BCUT2D eigenvalue weighted by Crippen LogP contribution is 2.18. The molecule has 0 aromatic rings. The maximum atomic E-state index is 11.1. The minimum atomic E-state index is -1.10. The van der Waals surface area contributed by atoms with Crippen LogP contribution in [-0.4, -0.2) is 52.2 Å². The summed E-state index contributed by atoms with van der Waals surface area (Å²) in [5, 5.41) is 29.1. The summed E-state index contributed by atoms with van der Waals surface area (Å²) in [5.41, 5.74) is 0. The SMILES string of the molecule is CCCCCCCCCCCCCCCCCCCC/C=C/[N+](CCCC(=O)[O-])(CCCC(=O)O)CCCC(=O)O. The molecule has 240 valence electrons. The van der Waals surface area contributed by atoms with Gasteiger partial charge in [0.05, 0.1) is 38.7 Å². The lowest BCUT2D eigenvalue weighted by atomic mass is 10.0. The fraction of sp³-hybridized carbons (Fsp3) is 0.853. The van der Waals surface area contributed by atoms with E-state index in [9.17, 15) is 19.5 Å². The predicted octanol–water partition coefficient (Wildman–Crippen LogP) is 8.01. The van der Waals surface area contributed by atoms with E-state index in [1.165, 1.54) is 109 Å². The molecule has 0 radical (unpaired) electrons. The van der Waals surface area contributed by atoms with Crippen LogP contribution >= 0.6 is 0 Å². The molecular formula is C34H63NO6. The molecule has 2 N–H and O–H groups in total. The zero-order chi connectivity index (χ0) is 30.4. The van der Waals surface area contributed by atoms with E-state index in [0.29, 0.717) is 43.4 Å². The summed E-state index contributed by atoms with van der Waals surface area (Å²) in [6.45, 7) is 3.94. The minimum absolute atomic E-state index is 0.0481. The van der Waals surface area contributed by atoms with Crippen LogP contribution in [0, 0.1) is 0 Å². The standard InChI is InChI=1S/C34H63NO6/c1-2-3-4-5-6-7-8-9-10-11-12-13-14-15-16-17-18-19-20-21-28-35(29-22-25-32(36)37,30-23-26-33(38)39)31-24-27-34(40)41/h21,28H,2-20,22-27,29-31H2,1H3,(H2-,36,37,38,39,40,41)/b28-21+. The van der Waals surface area contributed by atoms with Crippen molar-refractivity contribution >= 4 is 17.9 Å². The maximum Gasteiger partial charge on any atom is 0.303 e. The highest BCUT2D eigenvalue weighted by atomic mass is 16.4. The topological polar surface area (TPSA) is 115 Å². The number of hydrogen-bond acceptors (Lipinski definition) is 4. The van der Waals surface area contributed by atoms with Crippen molar-refractivity contribution < 1.29 is 34.2 Å². The molecule has 7 heteroatoms. The number of aliphatic carboxylic acids is 3. The van der Waals surface area contributed by atoms with Crippen LogP contribution in [0.4, 0.5) is 0 Å². The summed E-state index contributed by atoms with van der Waals surface area (Å²) in [4.78, 5) is 33.1. The van der Waals surface area contributed by atoms with Gasteiger partial charge in [-0.3, -0.25) is 14.1 Å². The number of carbonyl (C=O) groups is 3. The van der Waals surface area contributed by atoms with Gasteiger partial charge in [0.25, 0.3) is 0 Å². The lowest BCUT2D eigenvalue weighted by Gasteiger charge is -2.35. The number of carboxylic acid groups (broad SMARTS) is 3. The van der Waals surface area contributed by atoms with Gasteiger partial charge < -0.3 is 20.1 Å². The smallest absolute Gasteiger partial charge is 0.303 e. The zero-order valence-electron chi connectivity index (χ0n) is 26.4. The van der Waals surface area contributed by atoms with E-state index in [4.69, 9.17) is 10.2 Å². The molecule has 0 heterocycles. The number of quaternary nitrogens is 1. The first kappa shape index (κ1) is 39.1. The third-order valence-corrected chi connectivity index (χ3v) is 8.12. The van der Waals surface area contributed by atoms with Gasteiger partial charge in [0.15, 0.2) is 0 Å². The molecule has 0 aromatic carbocycles.